The van der Waals surface area contributed by atoms with E-state index in [-0.39, 0.29) is 19.3 Å². The number of aromatic nitrogens is 3. The Morgan fingerprint density at radius 1 is 1.20 bits per heavy atom. The summed E-state index contributed by atoms with van der Waals surface area (Å²) in [6, 6.07) is 10.0. The molecule has 6 nitrogen and oxygen atoms in total. The maximum absolute atomic E-state index is 9.42. The summed E-state index contributed by atoms with van der Waals surface area (Å²) in [6.07, 6.45) is 2.56. The van der Waals surface area contributed by atoms with E-state index in [2.05, 4.69) is 15.6 Å². The van der Waals surface area contributed by atoms with Crippen LogP contribution in [0.2, 0.25) is 0 Å². The minimum atomic E-state index is -0.0135. The molecule has 0 spiro atoms. The Labute approximate surface area is 118 Å². The molecule has 108 valence electrons. The van der Waals surface area contributed by atoms with E-state index in [0.717, 1.165) is 12.1 Å². The number of nitrogens with zero attached hydrogens (tertiary/aromatic N) is 3. The van der Waals surface area contributed by atoms with Crippen molar-refractivity contribution in [2.45, 2.75) is 25.6 Å². The van der Waals surface area contributed by atoms with Crippen molar-refractivity contribution in [1.29, 1.82) is 0 Å². The maximum Gasteiger partial charge on any atom is 0.0964 e. The van der Waals surface area contributed by atoms with Gasteiger partial charge in [-0.1, -0.05) is 35.5 Å². The van der Waals surface area contributed by atoms with Crippen LogP contribution in [0.4, 0.5) is 0 Å². The summed E-state index contributed by atoms with van der Waals surface area (Å²) in [5, 5.41) is 29.4. The molecule has 0 saturated carbocycles. The second kappa shape index (κ2) is 7.74. The molecule has 6 heteroatoms. The first-order valence-corrected chi connectivity index (χ1v) is 6.70. The van der Waals surface area contributed by atoms with Crippen molar-refractivity contribution in [2.24, 2.45) is 0 Å². The van der Waals surface area contributed by atoms with E-state index < -0.39 is 0 Å². The highest BCUT2D eigenvalue weighted by molar-refractivity contribution is 5.15. The average molecular weight is 276 g/mol. The second-order valence-electron chi connectivity index (χ2n) is 4.65. The first-order chi connectivity index (χ1) is 9.81. The molecule has 2 rings (SSSR count). The third-order valence-corrected chi connectivity index (χ3v) is 3.03. The molecule has 2 aromatic rings. The second-order valence-corrected chi connectivity index (χ2v) is 4.65. The van der Waals surface area contributed by atoms with E-state index in [9.17, 15) is 5.11 Å². The van der Waals surface area contributed by atoms with Crippen molar-refractivity contribution in [3.63, 3.8) is 0 Å². The Kier molecular flexibility index (Phi) is 5.67. The molecule has 0 saturated heterocycles. The number of benzene rings is 1. The highest BCUT2D eigenvalue weighted by Gasteiger charge is 2.09. The molecule has 0 amide bonds. The van der Waals surface area contributed by atoms with Crippen LogP contribution in [-0.4, -0.2) is 44.5 Å². The number of rotatable bonds is 8. The van der Waals surface area contributed by atoms with E-state index in [0.29, 0.717) is 13.1 Å². The van der Waals surface area contributed by atoms with Crippen LogP contribution < -0.4 is 5.32 Å². The Morgan fingerprint density at radius 3 is 2.70 bits per heavy atom. The van der Waals surface area contributed by atoms with Crippen molar-refractivity contribution in [3.8, 4) is 0 Å². The van der Waals surface area contributed by atoms with Gasteiger partial charge in [-0.3, -0.25) is 0 Å². The van der Waals surface area contributed by atoms with Crippen LogP contribution in [0.1, 0.15) is 11.3 Å². The fourth-order valence-electron chi connectivity index (χ4n) is 1.98. The molecule has 3 N–H and O–H groups in total. The van der Waals surface area contributed by atoms with Gasteiger partial charge in [0.15, 0.2) is 0 Å². The lowest BCUT2D eigenvalue weighted by Crippen LogP contribution is -2.34. The summed E-state index contributed by atoms with van der Waals surface area (Å²) in [5.74, 6) is 0. The summed E-state index contributed by atoms with van der Waals surface area (Å²) in [5.41, 5.74) is 1.98. The summed E-state index contributed by atoms with van der Waals surface area (Å²) >= 11 is 0. The van der Waals surface area contributed by atoms with Crippen LogP contribution in [0.3, 0.4) is 0 Å². The number of aliphatic hydroxyl groups is 2. The summed E-state index contributed by atoms with van der Waals surface area (Å²) in [6.45, 7) is 1.10. The zero-order valence-electron chi connectivity index (χ0n) is 11.3. The van der Waals surface area contributed by atoms with Gasteiger partial charge in [0, 0.05) is 18.8 Å². The van der Waals surface area contributed by atoms with Crippen LogP contribution in [0.5, 0.6) is 0 Å². The smallest absolute Gasteiger partial charge is 0.0964 e. The number of aliphatic hydroxyl groups excluding tert-OH is 2. The summed E-state index contributed by atoms with van der Waals surface area (Å²) in [4.78, 5) is 0. The van der Waals surface area contributed by atoms with Gasteiger partial charge in [0.25, 0.3) is 0 Å². The monoisotopic (exact) mass is 276 g/mol. The van der Waals surface area contributed by atoms with Crippen molar-refractivity contribution in [2.75, 3.05) is 13.2 Å². The van der Waals surface area contributed by atoms with Crippen LogP contribution >= 0.6 is 0 Å². The highest BCUT2D eigenvalue weighted by Crippen LogP contribution is 2.03. The zero-order chi connectivity index (χ0) is 14.2. The van der Waals surface area contributed by atoms with Gasteiger partial charge < -0.3 is 15.5 Å². The lowest BCUT2D eigenvalue weighted by molar-refractivity contribution is 0.240. The molecule has 0 aliphatic heterocycles. The van der Waals surface area contributed by atoms with Gasteiger partial charge >= 0.3 is 0 Å². The van der Waals surface area contributed by atoms with Gasteiger partial charge in [-0.15, -0.1) is 5.10 Å². The van der Waals surface area contributed by atoms with Crippen molar-refractivity contribution >= 4 is 0 Å². The maximum atomic E-state index is 9.42. The van der Waals surface area contributed by atoms with Crippen LogP contribution in [0, 0.1) is 0 Å². The molecule has 0 unspecified atom stereocenters. The molecule has 0 radical (unpaired) electrons. The predicted octanol–water partition coefficient (Wildman–Crippen LogP) is -0.0364. The Hall–Kier alpha value is -1.76. The fraction of sp³-hybridized carbons (Fsp3) is 0.429. The van der Waals surface area contributed by atoms with Crippen molar-refractivity contribution < 1.29 is 10.2 Å². The van der Waals surface area contributed by atoms with Crippen LogP contribution in [0.25, 0.3) is 0 Å². The van der Waals surface area contributed by atoms with E-state index in [4.69, 9.17) is 5.11 Å². The predicted molar refractivity (Wildman–Crippen MR) is 75.0 cm³/mol. The minimum absolute atomic E-state index is 0.0135. The van der Waals surface area contributed by atoms with Crippen LogP contribution in [-0.2, 0) is 19.5 Å². The quantitative estimate of drug-likeness (QED) is 0.630. The van der Waals surface area contributed by atoms with Gasteiger partial charge in [-0.2, -0.15) is 0 Å². The lowest BCUT2D eigenvalue weighted by Gasteiger charge is -2.15. The Bertz CT molecular complexity index is 501. The topological polar surface area (TPSA) is 83.2 Å². The van der Waals surface area contributed by atoms with Gasteiger partial charge in [-0.05, 0) is 12.0 Å². The van der Waals surface area contributed by atoms with Crippen molar-refractivity contribution in [3.05, 3.63) is 47.8 Å². The van der Waals surface area contributed by atoms with E-state index in [1.54, 1.807) is 10.9 Å². The Morgan fingerprint density at radius 2 is 2.00 bits per heavy atom. The third-order valence-electron chi connectivity index (χ3n) is 3.03. The van der Waals surface area contributed by atoms with Crippen LogP contribution in [0.15, 0.2) is 36.5 Å². The molecule has 0 aliphatic rings. The van der Waals surface area contributed by atoms with E-state index in [1.807, 2.05) is 30.3 Å². The van der Waals surface area contributed by atoms with Gasteiger partial charge in [0.05, 0.1) is 25.5 Å². The molecule has 20 heavy (non-hydrogen) atoms. The fourth-order valence-corrected chi connectivity index (χ4v) is 1.98. The molecule has 0 bridgehead atoms. The normalized spacial score (nSPS) is 12.5. The largest absolute Gasteiger partial charge is 0.395 e. The van der Waals surface area contributed by atoms with Gasteiger partial charge in [0.1, 0.15) is 0 Å². The molecule has 1 aromatic heterocycles. The first-order valence-electron chi connectivity index (χ1n) is 6.70. The standard InChI is InChI=1S/C14H20N4O2/c19-7-6-18-10-14(16-17-18)9-15-13(11-20)8-12-4-2-1-3-5-12/h1-5,10,13,15,19-20H,6-9,11H2/t13-/m0/s1. The minimum Gasteiger partial charge on any atom is -0.395 e. The zero-order valence-corrected chi connectivity index (χ0v) is 11.3. The summed E-state index contributed by atoms with van der Waals surface area (Å²) < 4.78 is 1.60. The lowest BCUT2D eigenvalue weighted by atomic mass is 10.1. The highest BCUT2D eigenvalue weighted by atomic mass is 16.3. The average Bonchev–Trinajstić information content (AvgIpc) is 2.92. The SMILES string of the molecule is OCCn1cc(CN[C@H](CO)Cc2ccccc2)nn1. The van der Waals surface area contributed by atoms with E-state index >= 15 is 0 Å². The Balaban J connectivity index is 1.83. The van der Waals surface area contributed by atoms with Crippen molar-refractivity contribution in [1.82, 2.24) is 20.3 Å². The number of hydrogen-bond acceptors (Lipinski definition) is 5. The van der Waals surface area contributed by atoms with Gasteiger partial charge in [0.2, 0.25) is 0 Å². The molecular weight excluding hydrogens is 256 g/mol. The first kappa shape index (κ1) is 14.6. The molecule has 1 aromatic carbocycles. The molecule has 1 heterocycles. The van der Waals surface area contributed by atoms with E-state index in [1.165, 1.54) is 5.56 Å². The molecule has 0 fully saturated rings. The molecule has 0 aliphatic carbocycles. The number of nitrogens with one attached hydrogen (secondary N) is 1. The molecular formula is C14H20N4O2. The third kappa shape index (κ3) is 4.41. The number of hydrogen-bond donors (Lipinski definition) is 3. The summed E-state index contributed by atoms with van der Waals surface area (Å²) in [7, 11) is 0. The van der Waals surface area contributed by atoms with Gasteiger partial charge in [-0.25, -0.2) is 4.68 Å². The molecule has 1 atom stereocenters.